The van der Waals surface area contributed by atoms with E-state index < -0.39 is 36.0 Å². The van der Waals surface area contributed by atoms with Crippen molar-refractivity contribution >= 4 is 23.9 Å². The van der Waals surface area contributed by atoms with Gasteiger partial charge in [-0.1, -0.05) is 70.2 Å². The van der Waals surface area contributed by atoms with Gasteiger partial charge < -0.3 is 49.8 Å². The van der Waals surface area contributed by atoms with Crippen LogP contribution in [0.5, 0.6) is 5.75 Å². The minimum atomic E-state index is -1.21. The zero-order valence-electron chi connectivity index (χ0n) is 39.1. The monoisotopic (exact) mass is 898 g/mol. The summed E-state index contributed by atoms with van der Waals surface area (Å²) in [5.41, 5.74) is 4.68. The van der Waals surface area contributed by atoms with E-state index in [1.54, 1.807) is 36.0 Å². The molecule has 2 aliphatic rings. The van der Waals surface area contributed by atoms with Crippen LogP contribution in [0.1, 0.15) is 38.8 Å². The third kappa shape index (κ3) is 18.1. The van der Waals surface area contributed by atoms with Crippen LogP contribution in [0.15, 0.2) is 54.6 Å². The Balaban J connectivity index is 1.51. The van der Waals surface area contributed by atoms with Crippen LogP contribution in [0.4, 0.5) is 9.59 Å². The number of nitrogens with zero attached hydrogens (tertiary/aromatic N) is 5. The number of methoxy groups -OCH3 is 1. The second kappa shape index (κ2) is 27.7. The van der Waals surface area contributed by atoms with Gasteiger partial charge >= 0.3 is 12.1 Å². The lowest BCUT2D eigenvalue weighted by atomic mass is 9.98. The van der Waals surface area contributed by atoms with Gasteiger partial charge in [0, 0.05) is 86.7 Å². The number of morpholine rings is 2. The number of nitrogens with one attached hydrogen (secondary N) is 4. The number of hydrogen-bond acceptors (Lipinski definition) is 12. The van der Waals surface area contributed by atoms with Gasteiger partial charge in [0.05, 0.1) is 45.2 Å². The highest BCUT2D eigenvalue weighted by molar-refractivity contribution is 5.88. The molecule has 0 radical (unpaired) electrons. The molecule has 358 valence electrons. The molecule has 5 N–H and O–H groups in total. The lowest BCUT2D eigenvalue weighted by Crippen LogP contribution is -2.60. The Morgan fingerprint density at radius 2 is 1.22 bits per heavy atom. The molecule has 2 aliphatic heterocycles. The lowest BCUT2D eigenvalue weighted by molar-refractivity contribution is -0.131. The number of benzene rings is 2. The highest BCUT2D eigenvalue weighted by Crippen LogP contribution is 2.16. The maximum Gasteiger partial charge on any atom is 0.317 e. The number of rotatable bonds is 25. The van der Waals surface area contributed by atoms with Crippen molar-refractivity contribution in [2.45, 2.75) is 64.9 Å². The Hall–Kier alpha value is -4.56. The van der Waals surface area contributed by atoms with E-state index in [0.29, 0.717) is 71.6 Å². The first-order chi connectivity index (χ1) is 30.7. The van der Waals surface area contributed by atoms with Crippen LogP contribution in [0.3, 0.4) is 0 Å². The molecule has 18 heteroatoms. The van der Waals surface area contributed by atoms with Gasteiger partial charge in [-0.2, -0.15) is 0 Å². The van der Waals surface area contributed by atoms with Crippen molar-refractivity contribution in [3.05, 3.63) is 65.7 Å². The second-order valence-corrected chi connectivity index (χ2v) is 17.3. The molecule has 0 bridgehead atoms. The van der Waals surface area contributed by atoms with Crippen molar-refractivity contribution in [3.8, 4) is 5.75 Å². The smallest absolute Gasteiger partial charge is 0.317 e. The molecule has 2 aromatic rings. The van der Waals surface area contributed by atoms with E-state index in [1.165, 1.54) is 0 Å². The van der Waals surface area contributed by atoms with E-state index in [2.05, 4.69) is 31.2 Å². The standard InChI is InChI=1S/C46H75N9O9/c1-34(2)41(48-45(59)51(5)17-19-53-21-25-62-26-22-53)43(57)47-39(31-36-11-9-8-10-12-36)40(56)33-55(32-37-13-15-38(16-14-37)64-30-29-61-7)50-44(58)42(35(3)4)49-46(60)52(6)18-20-54-23-27-63-28-24-54/h8-16,34-35,39-42,56H,17-33H2,1-7H3,(H,47,57)(H,48,59)(H,49,60)(H,50,58)/t39?,40?,41-,42-/m0/s1. The number of ether oxygens (including phenoxy) is 4. The molecular weight excluding hydrogens is 823 g/mol. The van der Waals surface area contributed by atoms with E-state index in [-0.39, 0.29) is 43.4 Å². The Labute approximate surface area is 380 Å². The molecule has 64 heavy (non-hydrogen) atoms. The first-order valence-electron chi connectivity index (χ1n) is 22.7. The summed E-state index contributed by atoms with van der Waals surface area (Å²) in [6.07, 6.45) is -0.942. The predicted molar refractivity (Wildman–Crippen MR) is 245 cm³/mol. The molecule has 2 fully saturated rings. The van der Waals surface area contributed by atoms with Crippen LogP contribution < -0.4 is 26.1 Å². The van der Waals surface area contributed by atoms with Crippen molar-refractivity contribution in [3.63, 3.8) is 0 Å². The average molecular weight is 898 g/mol. The van der Waals surface area contributed by atoms with Crippen LogP contribution in [0.25, 0.3) is 0 Å². The predicted octanol–water partition coefficient (Wildman–Crippen LogP) is 1.63. The summed E-state index contributed by atoms with van der Waals surface area (Å²) in [6, 6.07) is 13.5. The lowest BCUT2D eigenvalue weighted by Gasteiger charge is -2.34. The largest absolute Gasteiger partial charge is 0.491 e. The number of carbonyl (C=O) groups is 4. The van der Waals surface area contributed by atoms with Gasteiger partial charge in [0.1, 0.15) is 24.4 Å². The normalized spacial score (nSPS) is 16.7. The van der Waals surface area contributed by atoms with E-state index in [9.17, 15) is 24.3 Å². The van der Waals surface area contributed by atoms with E-state index in [4.69, 9.17) is 18.9 Å². The molecule has 0 aliphatic carbocycles. The summed E-state index contributed by atoms with van der Waals surface area (Å²) >= 11 is 0. The Kier molecular flexibility index (Phi) is 22.5. The fourth-order valence-electron chi connectivity index (χ4n) is 7.30. The fraction of sp³-hybridized carbons (Fsp3) is 0.652. The maximum absolute atomic E-state index is 14.2. The molecule has 18 nitrogen and oxygen atoms in total. The molecule has 2 aromatic carbocycles. The molecular formula is C46H75N9O9. The number of amides is 6. The van der Waals surface area contributed by atoms with Crippen LogP contribution in [0, 0.1) is 11.8 Å². The molecule has 2 saturated heterocycles. The second-order valence-electron chi connectivity index (χ2n) is 17.3. The summed E-state index contributed by atoms with van der Waals surface area (Å²) < 4.78 is 21.8. The van der Waals surface area contributed by atoms with Crippen LogP contribution in [-0.2, 0) is 36.8 Å². The van der Waals surface area contributed by atoms with Crippen molar-refractivity contribution in [1.82, 2.24) is 46.0 Å². The van der Waals surface area contributed by atoms with Crippen molar-refractivity contribution in [2.24, 2.45) is 11.8 Å². The summed E-state index contributed by atoms with van der Waals surface area (Å²) in [5, 5.41) is 22.6. The third-order valence-corrected chi connectivity index (χ3v) is 11.5. The molecule has 2 unspecified atom stereocenters. The molecule has 4 rings (SSSR count). The minimum Gasteiger partial charge on any atom is -0.491 e. The van der Waals surface area contributed by atoms with E-state index in [0.717, 1.165) is 37.3 Å². The first-order valence-corrected chi connectivity index (χ1v) is 22.7. The molecule has 6 amide bonds. The molecule has 2 heterocycles. The third-order valence-electron chi connectivity index (χ3n) is 11.5. The average Bonchev–Trinajstić information content (AvgIpc) is 3.29. The van der Waals surface area contributed by atoms with Gasteiger partial charge in [-0.05, 0) is 41.5 Å². The highest BCUT2D eigenvalue weighted by atomic mass is 16.5. The minimum absolute atomic E-state index is 0.100. The fourth-order valence-corrected chi connectivity index (χ4v) is 7.30. The SMILES string of the molecule is COCCOc1ccc(CN(CC(O)C(Cc2ccccc2)NC(=O)[C@@H](NC(=O)N(C)CCN2CCOCC2)C(C)C)NC(=O)[C@@H](NC(=O)N(C)CCN2CCOCC2)C(C)C)cc1. The number of urea groups is 2. The number of likely N-dealkylation sites (N-methyl/N-ethyl adjacent to an activating group) is 2. The van der Waals surface area contributed by atoms with Crippen LogP contribution >= 0.6 is 0 Å². The topological polar surface area (TPSA) is 190 Å². The zero-order valence-corrected chi connectivity index (χ0v) is 39.1. The summed E-state index contributed by atoms with van der Waals surface area (Å²) in [7, 11) is 5.02. The maximum atomic E-state index is 14.2. The molecule has 0 spiro atoms. The number of hydrogen-bond donors (Lipinski definition) is 5. The Morgan fingerprint density at radius 1 is 0.703 bits per heavy atom. The molecule has 0 saturated carbocycles. The van der Waals surface area contributed by atoms with Gasteiger partial charge in [-0.15, -0.1) is 0 Å². The molecule has 4 atom stereocenters. The van der Waals surface area contributed by atoms with E-state index in [1.807, 2.05) is 82.3 Å². The summed E-state index contributed by atoms with van der Waals surface area (Å²) in [6.45, 7) is 16.5. The van der Waals surface area contributed by atoms with Gasteiger partial charge in [0.15, 0.2) is 0 Å². The van der Waals surface area contributed by atoms with Gasteiger partial charge in [0.25, 0.3) is 5.91 Å². The van der Waals surface area contributed by atoms with Gasteiger partial charge in [0.2, 0.25) is 5.91 Å². The first kappa shape index (κ1) is 52.1. The van der Waals surface area contributed by atoms with Gasteiger partial charge in [-0.25, -0.2) is 14.6 Å². The molecule has 0 aromatic heterocycles. The van der Waals surface area contributed by atoms with Crippen LogP contribution in [0.2, 0.25) is 0 Å². The Morgan fingerprint density at radius 3 is 1.72 bits per heavy atom. The number of carbonyl (C=O) groups excluding carboxylic acids is 4. The highest BCUT2D eigenvalue weighted by Gasteiger charge is 2.33. The van der Waals surface area contributed by atoms with Crippen molar-refractivity contribution in [1.29, 1.82) is 0 Å². The summed E-state index contributed by atoms with van der Waals surface area (Å²) in [4.78, 5) is 62.8. The van der Waals surface area contributed by atoms with Crippen molar-refractivity contribution < 1.29 is 43.2 Å². The van der Waals surface area contributed by atoms with E-state index >= 15 is 0 Å². The Bertz CT molecular complexity index is 1680. The number of aliphatic hydroxyl groups excluding tert-OH is 1. The quantitative estimate of drug-likeness (QED) is 0.0718. The van der Waals surface area contributed by atoms with Crippen molar-refractivity contribution in [2.75, 3.05) is 120 Å². The van der Waals surface area contributed by atoms with Crippen LogP contribution in [-0.4, -0.2) is 198 Å². The summed E-state index contributed by atoms with van der Waals surface area (Å²) in [5.74, 6) is -0.800. The number of aliphatic hydroxyl groups is 1. The number of hydrazine groups is 1. The zero-order chi connectivity index (χ0) is 46.4. The van der Waals surface area contributed by atoms with Gasteiger partial charge in [-0.3, -0.25) is 24.8 Å².